The Morgan fingerprint density at radius 3 is 1.69 bits per heavy atom. The number of thiophene rings is 1. The maximum Gasteiger partial charge on any atom is 0.0640 e. The van der Waals surface area contributed by atoms with E-state index in [2.05, 4.69) is 205 Å². The van der Waals surface area contributed by atoms with Gasteiger partial charge < -0.3 is 4.90 Å². The van der Waals surface area contributed by atoms with E-state index in [-0.39, 0.29) is 0 Å². The number of rotatable bonds is 5. The fourth-order valence-corrected chi connectivity index (χ4v) is 9.78. The maximum absolute atomic E-state index is 2.48. The van der Waals surface area contributed by atoms with E-state index in [1.165, 1.54) is 96.9 Å². The molecular formula is C52H33NS. The average Bonchev–Trinajstić information content (AvgIpc) is 3.63. The van der Waals surface area contributed by atoms with E-state index in [0.29, 0.717) is 0 Å². The van der Waals surface area contributed by atoms with E-state index >= 15 is 0 Å². The summed E-state index contributed by atoms with van der Waals surface area (Å²) in [4.78, 5) is 2.48. The van der Waals surface area contributed by atoms with Crippen molar-refractivity contribution in [3.05, 3.63) is 200 Å². The van der Waals surface area contributed by atoms with E-state index in [1.54, 1.807) is 0 Å². The summed E-state index contributed by atoms with van der Waals surface area (Å²) >= 11 is 1.87. The first kappa shape index (κ1) is 30.8. The van der Waals surface area contributed by atoms with E-state index in [1.807, 2.05) is 11.3 Å². The number of hydrogen-bond donors (Lipinski definition) is 0. The standard InChI is InChI=1S/C52H33NS/c1-3-16-38-34(13-1)15-11-23-42(38)45-32-31-40(41-18-5-6-20-44(41)45)35-27-29-37(30-28-35)53(49-25-12-24-48-47-22-9-10-26-51(47)54-52(48)49)50-33-36-14-2-4-17-39(36)43-19-7-8-21-46(43)50/h1-33H. The average molecular weight is 704 g/mol. The Labute approximate surface area is 317 Å². The summed E-state index contributed by atoms with van der Waals surface area (Å²) in [6.45, 7) is 0. The molecule has 0 aliphatic carbocycles. The molecule has 0 fully saturated rings. The minimum absolute atomic E-state index is 1.13. The van der Waals surface area contributed by atoms with Gasteiger partial charge in [-0.1, -0.05) is 170 Å². The van der Waals surface area contributed by atoms with E-state index < -0.39 is 0 Å². The Morgan fingerprint density at radius 2 is 0.870 bits per heavy atom. The third-order valence-electron chi connectivity index (χ3n) is 11.1. The molecule has 0 aliphatic rings. The van der Waals surface area contributed by atoms with Gasteiger partial charge in [0.2, 0.25) is 0 Å². The minimum atomic E-state index is 1.13. The predicted octanol–water partition coefficient (Wildman–Crippen LogP) is 15.5. The molecule has 0 bridgehead atoms. The van der Waals surface area contributed by atoms with E-state index in [0.717, 1.165) is 5.69 Å². The van der Waals surface area contributed by atoms with Crippen LogP contribution in [0.4, 0.5) is 17.1 Å². The largest absolute Gasteiger partial charge is 0.308 e. The molecule has 0 aliphatic heterocycles. The van der Waals surface area contributed by atoms with Crippen LogP contribution in [0.5, 0.6) is 0 Å². The zero-order valence-corrected chi connectivity index (χ0v) is 30.2. The van der Waals surface area contributed by atoms with Crippen LogP contribution >= 0.6 is 11.3 Å². The molecule has 1 heterocycles. The van der Waals surface area contributed by atoms with Crippen molar-refractivity contribution in [3.8, 4) is 22.3 Å². The van der Waals surface area contributed by atoms with Crippen LogP contribution < -0.4 is 4.90 Å². The Bertz CT molecular complexity index is 3220. The molecular weight excluding hydrogens is 671 g/mol. The third-order valence-corrected chi connectivity index (χ3v) is 12.3. The highest BCUT2D eigenvalue weighted by Gasteiger charge is 2.21. The summed E-state index contributed by atoms with van der Waals surface area (Å²) < 4.78 is 2.59. The Kier molecular flexibility index (Phi) is 7.11. The zero-order chi connectivity index (χ0) is 35.6. The molecule has 0 spiro atoms. The summed E-state index contributed by atoms with van der Waals surface area (Å²) in [5, 5.41) is 12.6. The second-order valence-electron chi connectivity index (χ2n) is 14.0. The van der Waals surface area contributed by atoms with Gasteiger partial charge in [-0.25, -0.2) is 0 Å². The fourth-order valence-electron chi connectivity index (χ4n) is 8.57. The molecule has 1 aromatic heterocycles. The summed E-state index contributed by atoms with van der Waals surface area (Å²) in [6, 6.07) is 73.5. The topological polar surface area (TPSA) is 3.24 Å². The second-order valence-corrected chi connectivity index (χ2v) is 15.1. The van der Waals surface area contributed by atoms with E-state index in [9.17, 15) is 0 Å². The molecule has 1 nitrogen and oxygen atoms in total. The lowest BCUT2D eigenvalue weighted by Gasteiger charge is -2.28. The van der Waals surface area contributed by atoms with Gasteiger partial charge in [-0.2, -0.15) is 0 Å². The van der Waals surface area contributed by atoms with Crippen molar-refractivity contribution in [1.29, 1.82) is 0 Å². The van der Waals surface area contributed by atoms with Crippen molar-refractivity contribution in [3.63, 3.8) is 0 Å². The Morgan fingerprint density at radius 1 is 0.315 bits per heavy atom. The van der Waals surface area contributed by atoms with Gasteiger partial charge in [0.05, 0.1) is 16.1 Å². The lowest BCUT2D eigenvalue weighted by Crippen LogP contribution is -2.11. The summed E-state index contributed by atoms with van der Waals surface area (Å²) in [7, 11) is 0. The molecule has 11 rings (SSSR count). The van der Waals surface area contributed by atoms with Crippen molar-refractivity contribution in [2.75, 3.05) is 4.90 Å². The quantitative estimate of drug-likeness (QED) is 0.161. The number of nitrogens with zero attached hydrogens (tertiary/aromatic N) is 1. The highest BCUT2D eigenvalue weighted by atomic mass is 32.1. The van der Waals surface area contributed by atoms with Crippen molar-refractivity contribution >= 4 is 91.7 Å². The summed E-state index contributed by atoms with van der Waals surface area (Å²) in [6.07, 6.45) is 0. The van der Waals surface area contributed by atoms with Crippen LogP contribution in [0.3, 0.4) is 0 Å². The van der Waals surface area contributed by atoms with Gasteiger partial charge in [0.25, 0.3) is 0 Å². The molecule has 0 N–H and O–H groups in total. The van der Waals surface area contributed by atoms with Gasteiger partial charge in [-0.3, -0.25) is 0 Å². The van der Waals surface area contributed by atoms with Crippen LogP contribution in [-0.4, -0.2) is 0 Å². The molecule has 11 aromatic rings. The lowest BCUT2D eigenvalue weighted by atomic mass is 9.90. The van der Waals surface area contributed by atoms with Crippen LogP contribution in [0.25, 0.3) is 85.5 Å². The molecule has 0 amide bonds. The Hall–Kier alpha value is -6.74. The van der Waals surface area contributed by atoms with Crippen molar-refractivity contribution < 1.29 is 0 Å². The van der Waals surface area contributed by atoms with Gasteiger partial charge >= 0.3 is 0 Å². The second kappa shape index (κ2) is 12.4. The van der Waals surface area contributed by atoms with Gasteiger partial charge in [-0.05, 0) is 90.3 Å². The van der Waals surface area contributed by atoms with Crippen molar-refractivity contribution in [2.24, 2.45) is 0 Å². The smallest absolute Gasteiger partial charge is 0.0640 e. The Balaban J connectivity index is 1.11. The molecule has 10 aromatic carbocycles. The number of benzene rings is 10. The SMILES string of the molecule is c1ccc2c(-c3ccc(-c4ccc(N(c5cc6ccccc6c6ccccc56)c5cccc6c5sc5ccccc56)cc4)c4ccccc34)cccc2c1. The first-order chi connectivity index (χ1) is 26.8. The molecule has 252 valence electrons. The highest BCUT2D eigenvalue weighted by molar-refractivity contribution is 7.26. The third kappa shape index (κ3) is 4.85. The number of anilines is 3. The van der Waals surface area contributed by atoms with Crippen molar-refractivity contribution in [1.82, 2.24) is 0 Å². The maximum atomic E-state index is 2.48. The fraction of sp³-hybridized carbons (Fsp3) is 0. The van der Waals surface area contributed by atoms with Crippen LogP contribution in [0, 0.1) is 0 Å². The summed E-state index contributed by atoms with van der Waals surface area (Å²) in [5.74, 6) is 0. The van der Waals surface area contributed by atoms with Crippen LogP contribution in [0.1, 0.15) is 0 Å². The van der Waals surface area contributed by atoms with Gasteiger partial charge in [-0.15, -0.1) is 11.3 Å². The van der Waals surface area contributed by atoms with Crippen molar-refractivity contribution in [2.45, 2.75) is 0 Å². The van der Waals surface area contributed by atoms with Gasteiger partial charge in [0.1, 0.15) is 0 Å². The molecule has 0 unspecified atom stereocenters. The molecule has 0 atom stereocenters. The molecule has 0 saturated heterocycles. The normalized spacial score (nSPS) is 11.7. The first-order valence-electron chi connectivity index (χ1n) is 18.5. The van der Waals surface area contributed by atoms with Gasteiger partial charge in [0, 0.05) is 26.5 Å². The highest BCUT2D eigenvalue weighted by Crippen LogP contribution is 2.48. The molecule has 54 heavy (non-hydrogen) atoms. The molecule has 0 saturated carbocycles. The summed E-state index contributed by atoms with van der Waals surface area (Å²) in [5.41, 5.74) is 8.44. The molecule has 2 heteroatoms. The minimum Gasteiger partial charge on any atom is -0.308 e. The number of fused-ring (bicyclic) bond motifs is 8. The monoisotopic (exact) mass is 703 g/mol. The lowest BCUT2D eigenvalue weighted by molar-refractivity contribution is 1.32. The first-order valence-corrected chi connectivity index (χ1v) is 19.3. The predicted molar refractivity (Wildman–Crippen MR) is 235 cm³/mol. The zero-order valence-electron chi connectivity index (χ0n) is 29.4. The van der Waals surface area contributed by atoms with Crippen LogP contribution in [0.15, 0.2) is 200 Å². The van der Waals surface area contributed by atoms with Crippen LogP contribution in [0.2, 0.25) is 0 Å². The molecule has 0 radical (unpaired) electrons. The van der Waals surface area contributed by atoms with Gasteiger partial charge in [0.15, 0.2) is 0 Å². The number of hydrogen-bond acceptors (Lipinski definition) is 2. The van der Waals surface area contributed by atoms with E-state index in [4.69, 9.17) is 0 Å². The van der Waals surface area contributed by atoms with Crippen LogP contribution in [-0.2, 0) is 0 Å².